The van der Waals surface area contributed by atoms with Gasteiger partial charge in [0, 0.05) is 6.54 Å². The van der Waals surface area contributed by atoms with Gasteiger partial charge in [-0.05, 0) is 31.0 Å². The Morgan fingerprint density at radius 1 is 1.45 bits per heavy atom. The van der Waals surface area contributed by atoms with Crippen LogP contribution < -0.4 is 10.6 Å². The summed E-state index contributed by atoms with van der Waals surface area (Å²) in [5, 5.41) is 23.1. The Balaban J connectivity index is 1.95. The second-order valence-electron chi connectivity index (χ2n) is 4.70. The summed E-state index contributed by atoms with van der Waals surface area (Å²) in [6.45, 7) is 0.0731. The van der Waals surface area contributed by atoms with Crippen LogP contribution in [-0.4, -0.2) is 23.7 Å². The van der Waals surface area contributed by atoms with E-state index in [0.717, 1.165) is 0 Å². The van der Waals surface area contributed by atoms with Crippen LogP contribution in [0, 0.1) is 16.7 Å². The summed E-state index contributed by atoms with van der Waals surface area (Å²) in [5.74, 6) is -0.901. The quantitative estimate of drug-likeness (QED) is 0.792. The molecule has 2 amide bonds. The summed E-state index contributed by atoms with van der Waals surface area (Å²) in [7, 11) is 0. The molecule has 1 aliphatic rings. The van der Waals surface area contributed by atoms with Gasteiger partial charge in [-0.15, -0.1) is 0 Å². The number of nitriles is 1. The molecule has 1 aromatic rings. The highest BCUT2D eigenvalue weighted by Gasteiger charge is 2.50. The number of urea groups is 1. The lowest BCUT2D eigenvalue weighted by molar-refractivity contribution is -0.143. The third-order valence-corrected chi connectivity index (χ3v) is 3.57. The average Bonchev–Trinajstić information content (AvgIpc) is 3.20. The van der Waals surface area contributed by atoms with E-state index in [4.69, 9.17) is 22.0 Å². The van der Waals surface area contributed by atoms with E-state index in [0.29, 0.717) is 29.1 Å². The SMILES string of the molecule is N#Cc1ccc(Cl)c(NC(=O)NCC2(C(=O)O)CC2)c1. The van der Waals surface area contributed by atoms with Gasteiger partial charge >= 0.3 is 12.0 Å². The lowest BCUT2D eigenvalue weighted by atomic mass is 10.1. The number of carboxylic acid groups (broad SMARTS) is 1. The second kappa shape index (κ2) is 5.39. The van der Waals surface area contributed by atoms with Crippen molar-refractivity contribution in [3.05, 3.63) is 28.8 Å². The molecular weight excluding hydrogens is 282 g/mol. The molecule has 20 heavy (non-hydrogen) atoms. The predicted molar refractivity (Wildman–Crippen MR) is 72.5 cm³/mol. The van der Waals surface area contributed by atoms with Crippen LogP contribution in [0.4, 0.5) is 10.5 Å². The lowest BCUT2D eigenvalue weighted by Gasteiger charge is -2.12. The highest BCUT2D eigenvalue weighted by atomic mass is 35.5. The fourth-order valence-corrected chi connectivity index (χ4v) is 1.89. The highest BCUT2D eigenvalue weighted by Crippen LogP contribution is 2.45. The lowest BCUT2D eigenvalue weighted by Crippen LogP contribution is -2.36. The number of carbonyl (C=O) groups is 2. The smallest absolute Gasteiger partial charge is 0.319 e. The van der Waals surface area contributed by atoms with Crippen molar-refractivity contribution in [2.75, 3.05) is 11.9 Å². The van der Waals surface area contributed by atoms with Crippen molar-refractivity contribution in [2.24, 2.45) is 5.41 Å². The first-order valence-electron chi connectivity index (χ1n) is 5.95. The normalized spacial score (nSPS) is 15.0. The van der Waals surface area contributed by atoms with Gasteiger partial charge < -0.3 is 15.7 Å². The number of halogens is 1. The van der Waals surface area contributed by atoms with Gasteiger partial charge in [-0.2, -0.15) is 5.26 Å². The molecule has 0 bridgehead atoms. The summed E-state index contributed by atoms with van der Waals surface area (Å²) < 4.78 is 0. The Kier molecular flexibility index (Phi) is 3.81. The molecular formula is C13H12ClN3O3. The third-order valence-electron chi connectivity index (χ3n) is 3.24. The Morgan fingerprint density at radius 3 is 2.70 bits per heavy atom. The summed E-state index contributed by atoms with van der Waals surface area (Å²) >= 11 is 5.90. The van der Waals surface area contributed by atoms with Crippen molar-refractivity contribution in [1.82, 2.24) is 5.32 Å². The number of nitrogens with zero attached hydrogens (tertiary/aromatic N) is 1. The third kappa shape index (κ3) is 3.00. The number of nitrogens with one attached hydrogen (secondary N) is 2. The van der Waals surface area contributed by atoms with Crippen molar-refractivity contribution < 1.29 is 14.7 Å². The van der Waals surface area contributed by atoms with E-state index in [9.17, 15) is 9.59 Å². The number of hydrogen-bond donors (Lipinski definition) is 3. The average molecular weight is 294 g/mol. The van der Waals surface area contributed by atoms with Crippen LogP contribution in [0.5, 0.6) is 0 Å². The Bertz CT molecular complexity index is 605. The van der Waals surface area contributed by atoms with E-state index in [-0.39, 0.29) is 6.54 Å². The minimum absolute atomic E-state index is 0.0731. The van der Waals surface area contributed by atoms with Crippen LogP contribution in [0.15, 0.2) is 18.2 Å². The van der Waals surface area contributed by atoms with Crippen molar-refractivity contribution in [3.63, 3.8) is 0 Å². The van der Waals surface area contributed by atoms with Gasteiger partial charge in [0.05, 0.1) is 27.8 Å². The predicted octanol–water partition coefficient (Wildman–Crippen LogP) is 2.20. The molecule has 104 valence electrons. The molecule has 7 heteroatoms. The molecule has 0 spiro atoms. The van der Waals surface area contributed by atoms with Crippen molar-refractivity contribution in [1.29, 1.82) is 5.26 Å². The van der Waals surface area contributed by atoms with Gasteiger partial charge in [-0.1, -0.05) is 11.6 Å². The van der Waals surface area contributed by atoms with Gasteiger partial charge in [0.25, 0.3) is 0 Å². The first-order valence-corrected chi connectivity index (χ1v) is 6.32. The molecule has 0 aliphatic heterocycles. The fourth-order valence-electron chi connectivity index (χ4n) is 1.72. The molecule has 6 nitrogen and oxygen atoms in total. The van der Waals surface area contributed by atoms with E-state index in [2.05, 4.69) is 10.6 Å². The molecule has 1 aliphatic carbocycles. The van der Waals surface area contributed by atoms with Crippen molar-refractivity contribution >= 4 is 29.3 Å². The highest BCUT2D eigenvalue weighted by molar-refractivity contribution is 6.33. The largest absolute Gasteiger partial charge is 0.481 e. The van der Waals surface area contributed by atoms with Gasteiger partial charge in [0.1, 0.15) is 0 Å². The molecule has 0 radical (unpaired) electrons. The Labute approximate surface area is 120 Å². The second-order valence-corrected chi connectivity index (χ2v) is 5.11. The van der Waals surface area contributed by atoms with E-state index >= 15 is 0 Å². The van der Waals surface area contributed by atoms with Crippen LogP contribution in [0.1, 0.15) is 18.4 Å². The van der Waals surface area contributed by atoms with Crippen LogP contribution in [-0.2, 0) is 4.79 Å². The molecule has 0 saturated heterocycles. The zero-order valence-electron chi connectivity index (χ0n) is 10.4. The van der Waals surface area contributed by atoms with E-state index in [1.54, 1.807) is 0 Å². The summed E-state index contributed by atoms with van der Waals surface area (Å²) in [4.78, 5) is 22.7. The number of carboxylic acids is 1. The van der Waals surface area contributed by atoms with E-state index in [1.807, 2.05) is 6.07 Å². The number of benzene rings is 1. The molecule has 1 saturated carbocycles. The molecule has 0 unspecified atom stereocenters. The Hall–Kier alpha value is -2.26. The number of aliphatic carboxylic acids is 1. The molecule has 0 heterocycles. The van der Waals surface area contributed by atoms with Gasteiger partial charge in [0.2, 0.25) is 0 Å². The van der Waals surface area contributed by atoms with Gasteiger partial charge in [0.15, 0.2) is 0 Å². The summed E-state index contributed by atoms with van der Waals surface area (Å²) in [6, 6.07) is 5.89. The zero-order valence-corrected chi connectivity index (χ0v) is 11.2. The molecule has 0 aromatic heterocycles. The van der Waals surface area contributed by atoms with Gasteiger partial charge in [-0.3, -0.25) is 4.79 Å². The van der Waals surface area contributed by atoms with Crippen LogP contribution in [0.2, 0.25) is 5.02 Å². The maximum atomic E-state index is 11.7. The van der Waals surface area contributed by atoms with Crippen LogP contribution >= 0.6 is 11.6 Å². The molecule has 0 atom stereocenters. The minimum Gasteiger partial charge on any atom is -0.481 e. The summed E-state index contributed by atoms with van der Waals surface area (Å²) in [5.41, 5.74) is -0.146. The molecule has 1 fully saturated rings. The van der Waals surface area contributed by atoms with Crippen LogP contribution in [0.3, 0.4) is 0 Å². The Morgan fingerprint density at radius 2 is 2.15 bits per heavy atom. The summed E-state index contributed by atoms with van der Waals surface area (Å²) in [6.07, 6.45) is 1.13. The standard InChI is InChI=1S/C13H12ClN3O3/c14-9-2-1-8(6-15)5-10(9)17-12(20)16-7-13(3-4-13)11(18)19/h1-2,5H,3-4,7H2,(H,18,19)(H2,16,17,20). The maximum Gasteiger partial charge on any atom is 0.319 e. The maximum absolute atomic E-state index is 11.7. The number of anilines is 1. The van der Waals surface area contributed by atoms with E-state index < -0.39 is 17.4 Å². The molecule has 3 N–H and O–H groups in total. The monoisotopic (exact) mass is 293 g/mol. The zero-order chi connectivity index (χ0) is 14.8. The molecule has 1 aromatic carbocycles. The topological polar surface area (TPSA) is 102 Å². The van der Waals surface area contributed by atoms with Crippen molar-refractivity contribution in [3.8, 4) is 6.07 Å². The fraction of sp³-hybridized carbons (Fsp3) is 0.308. The van der Waals surface area contributed by atoms with Crippen LogP contribution in [0.25, 0.3) is 0 Å². The molecule has 2 rings (SSSR count). The first-order chi connectivity index (χ1) is 9.47. The minimum atomic E-state index is -0.901. The van der Waals surface area contributed by atoms with Gasteiger partial charge in [-0.25, -0.2) is 4.79 Å². The number of amides is 2. The number of hydrogen-bond acceptors (Lipinski definition) is 3. The first kappa shape index (κ1) is 14.2. The number of carbonyl (C=O) groups excluding carboxylic acids is 1. The van der Waals surface area contributed by atoms with Crippen molar-refractivity contribution in [2.45, 2.75) is 12.8 Å². The number of rotatable bonds is 4. The van der Waals surface area contributed by atoms with E-state index in [1.165, 1.54) is 18.2 Å².